The minimum Gasteiger partial charge on any atom is -0.495 e. The van der Waals surface area contributed by atoms with Crippen molar-refractivity contribution in [3.05, 3.63) is 24.0 Å². The normalized spacial score (nSPS) is 18.2. The number of thioether (sulfide) groups is 1. The van der Waals surface area contributed by atoms with Crippen molar-refractivity contribution in [3.8, 4) is 5.75 Å². The summed E-state index contributed by atoms with van der Waals surface area (Å²) in [6.07, 6.45) is 10.7. The minimum atomic E-state index is 0.356. The molecule has 0 amide bonds. The number of pyridine rings is 1. The van der Waals surface area contributed by atoms with Gasteiger partial charge in [0.15, 0.2) is 0 Å². The van der Waals surface area contributed by atoms with Crippen molar-refractivity contribution in [2.45, 2.75) is 43.4 Å². The lowest BCUT2D eigenvalue weighted by molar-refractivity contribution is 0.411. The second-order valence-corrected chi connectivity index (χ2v) is 6.43. The molecule has 1 fully saturated rings. The van der Waals surface area contributed by atoms with Gasteiger partial charge in [0.25, 0.3) is 0 Å². The quantitative estimate of drug-likeness (QED) is 0.866. The molecule has 1 aromatic heterocycles. The molecule has 1 atom stereocenters. The number of rotatable bonds is 6. The maximum Gasteiger partial charge on any atom is 0.137 e. The van der Waals surface area contributed by atoms with Gasteiger partial charge in [-0.1, -0.05) is 19.3 Å². The van der Waals surface area contributed by atoms with E-state index in [0.717, 1.165) is 16.8 Å². The maximum absolute atomic E-state index is 5.25. The van der Waals surface area contributed by atoms with Crippen molar-refractivity contribution in [3.63, 3.8) is 0 Å². The van der Waals surface area contributed by atoms with Crippen molar-refractivity contribution in [2.75, 3.05) is 19.9 Å². The minimum absolute atomic E-state index is 0.356. The summed E-state index contributed by atoms with van der Waals surface area (Å²) in [5.74, 6) is 1.94. The van der Waals surface area contributed by atoms with E-state index in [9.17, 15) is 0 Å². The lowest BCUT2D eigenvalue weighted by Gasteiger charge is -2.24. The van der Waals surface area contributed by atoms with E-state index in [1.807, 2.05) is 13.2 Å². The lowest BCUT2D eigenvalue weighted by Crippen LogP contribution is -2.21. The third-order valence-electron chi connectivity index (χ3n) is 3.77. The van der Waals surface area contributed by atoms with Gasteiger partial charge >= 0.3 is 0 Å². The third-order valence-corrected chi connectivity index (χ3v) is 5.24. The lowest BCUT2D eigenvalue weighted by atomic mass is 10.0. The van der Waals surface area contributed by atoms with E-state index < -0.39 is 0 Å². The van der Waals surface area contributed by atoms with Crippen LogP contribution in [0.4, 0.5) is 0 Å². The zero-order valence-electron chi connectivity index (χ0n) is 11.9. The summed E-state index contributed by atoms with van der Waals surface area (Å²) in [4.78, 5) is 4.24. The molecular weight excluding hydrogens is 256 g/mol. The molecule has 1 heterocycles. The molecule has 1 aromatic rings. The highest BCUT2D eigenvalue weighted by Crippen LogP contribution is 2.31. The van der Waals surface area contributed by atoms with Gasteiger partial charge in [-0.2, -0.15) is 11.8 Å². The van der Waals surface area contributed by atoms with Crippen LogP contribution >= 0.6 is 11.8 Å². The molecule has 0 radical (unpaired) electrons. The Morgan fingerprint density at radius 1 is 1.37 bits per heavy atom. The summed E-state index contributed by atoms with van der Waals surface area (Å²) in [6, 6.07) is 2.44. The molecule has 1 saturated carbocycles. The molecule has 0 saturated heterocycles. The first-order valence-corrected chi connectivity index (χ1v) is 8.16. The second kappa shape index (κ2) is 7.75. The summed E-state index contributed by atoms with van der Waals surface area (Å²) in [5.41, 5.74) is 1.21. The molecule has 1 aliphatic rings. The van der Waals surface area contributed by atoms with Crippen LogP contribution < -0.4 is 10.1 Å². The van der Waals surface area contributed by atoms with Crippen LogP contribution in [0.5, 0.6) is 5.75 Å². The van der Waals surface area contributed by atoms with Gasteiger partial charge in [-0.15, -0.1) is 0 Å². The van der Waals surface area contributed by atoms with Crippen molar-refractivity contribution < 1.29 is 4.74 Å². The molecule has 4 heteroatoms. The number of methoxy groups -OCH3 is 1. The van der Waals surface area contributed by atoms with Crippen LogP contribution in [-0.2, 0) is 0 Å². The highest BCUT2D eigenvalue weighted by Gasteiger charge is 2.17. The number of nitrogens with one attached hydrogen (secondary N) is 1. The van der Waals surface area contributed by atoms with Crippen molar-refractivity contribution in [2.24, 2.45) is 0 Å². The van der Waals surface area contributed by atoms with Gasteiger partial charge in [-0.05, 0) is 31.5 Å². The van der Waals surface area contributed by atoms with Gasteiger partial charge in [0, 0.05) is 23.2 Å². The van der Waals surface area contributed by atoms with E-state index in [-0.39, 0.29) is 0 Å². The molecule has 19 heavy (non-hydrogen) atoms. The molecule has 0 aromatic carbocycles. The zero-order valence-corrected chi connectivity index (χ0v) is 12.7. The van der Waals surface area contributed by atoms with Crippen molar-refractivity contribution in [1.82, 2.24) is 10.3 Å². The summed E-state index contributed by atoms with van der Waals surface area (Å²) in [5, 5.41) is 4.24. The molecule has 1 N–H and O–H groups in total. The van der Waals surface area contributed by atoms with Crippen molar-refractivity contribution in [1.29, 1.82) is 0 Å². The summed E-state index contributed by atoms with van der Waals surface area (Å²) < 4.78 is 5.25. The molecule has 0 aliphatic heterocycles. The van der Waals surface area contributed by atoms with E-state index in [4.69, 9.17) is 4.74 Å². The maximum atomic E-state index is 5.25. The largest absolute Gasteiger partial charge is 0.495 e. The highest BCUT2D eigenvalue weighted by atomic mass is 32.2. The Bertz CT molecular complexity index is 380. The van der Waals surface area contributed by atoms with Crippen LogP contribution in [0.2, 0.25) is 0 Å². The fourth-order valence-corrected chi connectivity index (χ4v) is 4.04. The number of hydrogen-bond donors (Lipinski definition) is 1. The first-order chi connectivity index (χ1) is 9.33. The van der Waals surface area contributed by atoms with Crippen LogP contribution in [0.3, 0.4) is 0 Å². The number of aromatic nitrogens is 1. The summed E-state index contributed by atoms with van der Waals surface area (Å²) in [7, 11) is 3.71. The van der Waals surface area contributed by atoms with Gasteiger partial charge in [0.05, 0.1) is 13.3 Å². The first-order valence-electron chi connectivity index (χ1n) is 7.11. The molecule has 106 valence electrons. The monoisotopic (exact) mass is 280 g/mol. The Hall–Kier alpha value is -0.740. The number of ether oxygens (including phenoxy) is 1. The Balaban J connectivity index is 1.91. The topological polar surface area (TPSA) is 34.2 Å². The van der Waals surface area contributed by atoms with Gasteiger partial charge in [0.2, 0.25) is 0 Å². The van der Waals surface area contributed by atoms with E-state index >= 15 is 0 Å². The predicted molar refractivity (Wildman–Crippen MR) is 81.9 cm³/mol. The van der Waals surface area contributed by atoms with Gasteiger partial charge in [-0.3, -0.25) is 4.98 Å². The Labute approximate surface area is 120 Å². The predicted octanol–water partition coefficient (Wildman–Crippen LogP) is 3.42. The molecule has 1 aliphatic carbocycles. The molecular formula is C15H24N2OS. The Morgan fingerprint density at radius 3 is 2.84 bits per heavy atom. The number of nitrogens with zero attached hydrogens (tertiary/aromatic N) is 1. The SMILES string of the molecule is CNC(CSC1CCCCC1)c1cncc(OC)c1. The highest BCUT2D eigenvalue weighted by molar-refractivity contribution is 7.99. The molecule has 1 unspecified atom stereocenters. The summed E-state index contributed by atoms with van der Waals surface area (Å²) >= 11 is 2.11. The van der Waals surface area contributed by atoms with Crippen LogP contribution in [0.15, 0.2) is 18.5 Å². The van der Waals surface area contributed by atoms with E-state index in [1.54, 1.807) is 13.3 Å². The smallest absolute Gasteiger partial charge is 0.137 e. The fraction of sp³-hybridized carbons (Fsp3) is 0.667. The molecule has 3 nitrogen and oxygen atoms in total. The average molecular weight is 280 g/mol. The second-order valence-electron chi connectivity index (χ2n) is 5.09. The van der Waals surface area contributed by atoms with Gasteiger partial charge < -0.3 is 10.1 Å². The third kappa shape index (κ3) is 4.39. The van der Waals surface area contributed by atoms with Crippen LogP contribution in [0.1, 0.15) is 43.7 Å². The van der Waals surface area contributed by atoms with Gasteiger partial charge in [0.1, 0.15) is 5.75 Å². The summed E-state index contributed by atoms with van der Waals surface area (Å²) in [6.45, 7) is 0. The Morgan fingerprint density at radius 2 is 2.16 bits per heavy atom. The average Bonchev–Trinajstić information content (AvgIpc) is 2.49. The molecule has 2 rings (SSSR count). The van der Waals surface area contributed by atoms with E-state index in [0.29, 0.717) is 6.04 Å². The van der Waals surface area contributed by atoms with E-state index in [1.165, 1.54) is 37.7 Å². The standard InChI is InChI=1S/C15H24N2OS/c1-16-15(11-19-14-6-4-3-5-7-14)12-8-13(18-2)10-17-9-12/h8-10,14-16H,3-7,11H2,1-2H3. The van der Waals surface area contributed by atoms with Crippen LogP contribution in [-0.4, -0.2) is 30.1 Å². The van der Waals surface area contributed by atoms with Crippen molar-refractivity contribution >= 4 is 11.8 Å². The molecule has 0 bridgehead atoms. The number of hydrogen-bond acceptors (Lipinski definition) is 4. The first kappa shape index (κ1) is 14.7. The Kier molecular flexibility index (Phi) is 5.98. The molecule has 0 spiro atoms. The van der Waals surface area contributed by atoms with Crippen LogP contribution in [0.25, 0.3) is 0 Å². The fourth-order valence-electron chi connectivity index (χ4n) is 2.55. The van der Waals surface area contributed by atoms with E-state index in [2.05, 4.69) is 28.1 Å². The van der Waals surface area contributed by atoms with Gasteiger partial charge in [-0.25, -0.2) is 0 Å². The zero-order chi connectivity index (χ0) is 13.5. The van der Waals surface area contributed by atoms with Crippen LogP contribution in [0, 0.1) is 0 Å².